The third kappa shape index (κ3) is 10.5. The van der Waals surface area contributed by atoms with Crippen molar-refractivity contribution in [2.75, 3.05) is 54.3 Å². The lowest BCUT2D eigenvalue weighted by atomic mass is 9.91. The molecule has 0 aliphatic carbocycles. The van der Waals surface area contributed by atoms with Gasteiger partial charge in [-0.3, -0.25) is 25.0 Å². The van der Waals surface area contributed by atoms with Crippen LogP contribution in [0.2, 0.25) is 0 Å². The van der Waals surface area contributed by atoms with Crippen molar-refractivity contribution in [2.45, 2.75) is 27.7 Å². The molecule has 0 radical (unpaired) electrons. The van der Waals surface area contributed by atoms with Crippen LogP contribution in [0.25, 0.3) is 0 Å². The van der Waals surface area contributed by atoms with Gasteiger partial charge < -0.3 is 34.3 Å². The molecule has 4 amide bonds. The van der Waals surface area contributed by atoms with Crippen molar-refractivity contribution in [1.82, 2.24) is 0 Å². The van der Waals surface area contributed by atoms with Gasteiger partial charge in [-0.15, -0.1) is 0 Å². The molecule has 236 valence electrons. The minimum atomic E-state index is -1.67. The Bertz CT molecular complexity index is 1320. The summed E-state index contributed by atoms with van der Waals surface area (Å²) in [7, 11) is 0. The molecular formula is C29H34N4O11. The topological polar surface area (TPSA) is 197 Å². The third-order valence-corrected chi connectivity index (χ3v) is 6.02. The number of hydrogen-bond donors (Lipinski definition) is 4. The highest BCUT2D eigenvalue weighted by Gasteiger charge is 2.41. The standard InChI is InChI=1S/C29H34N4O11/c1-18(34)30-20-7-5-9-22(11-20)32-25(37)41-16-29(4,24(36)40-13-28(3)14-43-27(39)44-15-28)17-42-26(38)33-23-10-6-8-21(12-23)31-19(2)35/h5-12H,13-17H2,1-4H3,(H,30,34)(H,31,35)(H,32,37)(H,33,38). The predicted octanol–water partition coefficient (Wildman–Crippen LogP) is 4.12. The van der Waals surface area contributed by atoms with Gasteiger partial charge in [0.1, 0.15) is 38.4 Å². The van der Waals surface area contributed by atoms with Gasteiger partial charge >= 0.3 is 24.3 Å². The van der Waals surface area contributed by atoms with Crippen LogP contribution in [-0.2, 0) is 38.1 Å². The van der Waals surface area contributed by atoms with E-state index in [0.29, 0.717) is 22.7 Å². The van der Waals surface area contributed by atoms with Gasteiger partial charge in [0.2, 0.25) is 11.8 Å². The maximum absolute atomic E-state index is 13.3. The summed E-state index contributed by atoms with van der Waals surface area (Å²) >= 11 is 0. The minimum Gasteiger partial charge on any atom is -0.464 e. The number of esters is 1. The van der Waals surface area contributed by atoms with E-state index in [1.165, 1.54) is 32.9 Å². The molecule has 2 aromatic rings. The second-order valence-electron chi connectivity index (χ2n) is 10.7. The zero-order chi connectivity index (χ0) is 32.3. The molecule has 15 nitrogen and oxygen atoms in total. The van der Waals surface area contributed by atoms with E-state index in [1.54, 1.807) is 43.3 Å². The highest BCUT2D eigenvalue weighted by atomic mass is 16.7. The Morgan fingerprint density at radius 3 is 1.57 bits per heavy atom. The Balaban J connectivity index is 1.66. The van der Waals surface area contributed by atoms with E-state index in [1.807, 2.05) is 0 Å². The lowest BCUT2D eigenvalue weighted by molar-refractivity contribution is -0.167. The lowest BCUT2D eigenvalue weighted by Gasteiger charge is -2.33. The summed E-state index contributed by atoms with van der Waals surface area (Å²) in [5.41, 5.74) is -1.01. The number of nitrogens with one attached hydrogen (secondary N) is 4. The van der Waals surface area contributed by atoms with Crippen molar-refractivity contribution in [3.63, 3.8) is 0 Å². The van der Waals surface area contributed by atoms with E-state index in [0.717, 1.165) is 0 Å². The van der Waals surface area contributed by atoms with Crippen molar-refractivity contribution in [1.29, 1.82) is 0 Å². The SMILES string of the molecule is CC(=O)Nc1cccc(NC(=O)OCC(C)(COC(=O)Nc2cccc(NC(C)=O)c2)C(=O)OCC2(C)COC(=O)OC2)c1. The highest BCUT2D eigenvalue weighted by Crippen LogP contribution is 2.27. The number of carbonyl (C=O) groups excluding carboxylic acids is 6. The number of hydrogen-bond acceptors (Lipinski definition) is 11. The first-order valence-electron chi connectivity index (χ1n) is 13.3. The van der Waals surface area contributed by atoms with Gasteiger partial charge in [0.15, 0.2) is 0 Å². The molecule has 1 saturated heterocycles. The summed E-state index contributed by atoms with van der Waals surface area (Å²) in [6.07, 6.45) is -2.69. The van der Waals surface area contributed by atoms with Crippen molar-refractivity contribution >= 4 is 58.9 Å². The summed E-state index contributed by atoms with van der Waals surface area (Å²) in [5.74, 6) is -1.46. The molecule has 2 aromatic carbocycles. The number of ether oxygens (including phenoxy) is 5. The van der Waals surface area contributed by atoms with Gasteiger partial charge in [0, 0.05) is 36.6 Å². The monoisotopic (exact) mass is 614 g/mol. The molecule has 0 saturated carbocycles. The average Bonchev–Trinajstić information content (AvgIpc) is 2.95. The van der Waals surface area contributed by atoms with Crippen LogP contribution in [-0.4, -0.2) is 69.2 Å². The largest absolute Gasteiger partial charge is 0.508 e. The molecule has 3 rings (SSSR count). The van der Waals surface area contributed by atoms with E-state index in [9.17, 15) is 28.8 Å². The van der Waals surface area contributed by atoms with Crippen LogP contribution < -0.4 is 21.3 Å². The van der Waals surface area contributed by atoms with Gasteiger partial charge in [-0.2, -0.15) is 0 Å². The fraction of sp³-hybridized carbons (Fsp3) is 0.379. The fourth-order valence-electron chi connectivity index (χ4n) is 3.72. The van der Waals surface area contributed by atoms with E-state index in [4.69, 9.17) is 23.7 Å². The first-order chi connectivity index (χ1) is 20.7. The van der Waals surface area contributed by atoms with E-state index < -0.39 is 48.4 Å². The number of benzene rings is 2. The van der Waals surface area contributed by atoms with Gasteiger partial charge in [0.25, 0.3) is 0 Å². The first-order valence-corrected chi connectivity index (χ1v) is 13.3. The van der Waals surface area contributed by atoms with Crippen LogP contribution in [0.15, 0.2) is 48.5 Å². The Kier molecular flexibility index (Phi) is 11.1. The van der Waals surface area contributed by atoms with Gasteiger partial charge in [0.05, 0.1) is 5.41 Å². The van der Waals surface area contributed by atoms with Crippen LogP contribution in [0, 0.1) is 10.8 Å². The highest BCUT2D eigenvalue weighted by molar-refractivity contribution is 5.92. The Morgan fingerprint density at radius 2 is 1.16 bits per heavy atom. The molecule has 1 aliphatic heterocycles. The van der Waals surface area contributed by atoms with Crippen molar-refractivity contribution < 1.29 is 52.5 Å². The molecule has 4 N–H and O–H groups in total. The number of amides is 4. The molecular weight excluding hydrogens is 580 g/mol. The van der Waals surface area contributed by atoms with Crippen LogP contribution in [0.4, 0.5) is 37.1 Å². The number of cyclic esters (lactones) is 2. The van der Waals surface area contributed by atoms with E-state index in [-0.39, 0.29) is 31.6 Å². The Morgan fingerprint density at radius 1 is 0.750 bits per heavy atom. The van der Waals surface area contributed by atoms with Gasteiger partial charge in [-0.1, -0.05) is 12.1 Å². The van der Waals surface area contributed by atoms with Crippen molar-refractivity contribution in [3.05, 3.63) is 48.5 Å². The molecule has 1 fully saturated rings. The summed E-state index contributed by atoms with van der Waals surface area (Å²) in [6, 6.07) is 12.6. The molecule has 0 atom stereocenters. The normalized spacial score (nSPS) is 13.7. The summed E-state index contributed by atoms with van der Waals surface area (Å²) < 4.78 is 25.9. The third-order valence-electron chi connectivity index (χ3n) is 6.02. The van der Waals surface area contributed by atoms with Crippen LogP contribution in [0.1, 0.15) is 27.7 Å². The number of carbonyl (C=O) groups is 6. The Labute approximate surface area is 252 Å². The molecule has 1 aliphatic rings. The average molecular weight is 615 g/mol. The predicted molar refractivity (Wildman–Crippen MR) is 156 cm³/mol. The van der Waals surface area contributed by atoms with Crippen LogP contribution in [0.3, 0.4) is 0 Å². The van der Waals surface area contributed by atoms with Crippen LogP contribution in [0.5, 0.6) is 0 Å². The number of rotatable bonds is 11. The Hall–Kier alpha value is -5.34. The molecule has 15 heteroatoms. The van der Waals surface area contributed by atoms with E-state index >= 15 is 0 Å². The van der Waals surface area contributed by atoms with Gasteiger partial charge in [-0.25, -0.2) is 14.4 Å². The van der Waals surface area contributed by atoms with Crippen molar-refractivity contribution in [2.24, 2.45) is 10.8 Å². The smallest absolute Gasteiger partial charge is 0.464 e. The second kappa shape index (κ2) is 14.7. The molecule has 44 heavy (non-hydrogen) atoms. The number of anilines is 4. The summed E-state index contributed by atoms with van der Waals surface area (Å²) in [4.78, 5) is 72.4. The molecule has 1 heterocycles. The maximum atomic E-state index is 13.3. The molecule has 0 aromatic heterocycles. The molecule has 0 spiro atoms. The molecule has 0 unspecified atom stereocenters. The summed E-state index contributed by atoms with van der Waals surface area (Å²) in [6.45, 7) is 4.31. The first kappa shape index (κ1) is 33.2. The van der Waals surface area contributed by atoms with Gasteiger partial charge in [-0.05, 0) is 50.2 Å². The van der Waals surface area contributed by atoms with Crippen LogP contribution >= 0.6 is 0 Å². The zero-order valence-electron chi connectivity index (χ0n) is 24.6. The second-order valence-corrected chi connectivity index (χ2v) is 10.7. The molecule has 0 bridgehead atoms. The zero-order valence-corrected chi connectivity index (χ0v) is 24.6. The van der Waals surface area contributed by atoms with E-state index in [2.05, 4.69) is 21.3 Å². The maximum Gasteiger partial charge on any atom is 0.508 e. The quantitative estimate of drug-likeness (QED) is 0.210. The lowest BCUT2D eigenvalue weighted by Crippen LogP contribution is -2.45. The fourth-order valence-corrected chi connectivity index (χ4v) is 3.72. The minimum absolute atomic E-state index is 0.0528. The summed E-state index contributed by atoms with van der Waals surface area (Å²) in [5, 5.41) is 10.2. The van der Waals surface area contributed by atoms with Crippen molar-refractivity contribution in [3.8, 4) is 0 Å².